The van der Waals surface area contributed by atoms with E-state index in [9.17, 15) is 0 Å². The van der Waals surface area contributed by atoms with Crippen LogP contribution in [0, 0.1) is 0 Å². The van der Waals surface area contributed by atoms with Crippen LogP contribution in [0.15, 0.2) is 34.7 Å². The van der Waals surface area contributed by atoms with Crippen LogP contribution < -0.4 is 11.1 Å². The van der Waals surface area contributed by atoms with Gasteiger partial charge in [-0.3, -0.25) is 0 Å². The Kier molecular flexibility index (Phi) is 6.32. The first-order chi connectivity index (χ1) is 8.17. The molecule has 0 radical (unpaired) electrons. The fraction of sp³-hybridized carbons (Fsp3) is 0.500. The van der Waals surface area contributed by atoms with Crippen molar-refractivity contribution in [3.63, 3.8) is 0 Å². The lowest BCUT2D eigenvalue weighted by atomic mass is 10.2. The van der Waals surface area contributed by atoms with Crippen molar-refractivity contribution in [3.05, 3.63) is 34.7 Å². The molecule has 0 aromatic carbocycles. The Labute approximate surface area is 111 Å². The molecule has 96 valence electrons. The van der Waals surface area contributed by atoms with Gasteiger partial charge in [0.1, 0.15) is 18.5 Å². The SMILES string of the molecule is COCC1=CC=CC(CNC(C)/C(Br)=C/N)O1. The van der Waals surface area contributed by atoms with Gasteiger partial charge in [-0.05, 0) is 19.1 Å². The number of ether oxygens (including phenoxy) is 2. The van der Waals surface area contributed by atoms with Gasteiger partial charge in [0, 0.05) is 30.4 Å². The largest absolute Gasteiger partial charge is 0.487 e. The van der Waals surface area contributed by atoms with E-state index in [0.717, 1.165) is 16.8 Å². The third-order valence-electron chi connectivity index (χ3n) is 2.40. The van der Waals surface area contributed by atoms with Crippen LogP contribution >= 0.6 is 15.9 Å². The number of hydrogen-bond acceptors (Lipinski definition) is 4. The van der Waals surface area contributed by atoms with Crippen molar-refractivity contribution in [2.24, 2.45) is 5.73 Å². The second kappa shape index (κ2) is 7.53. The standard InChI is InChI=1S/C12H19BrN2O2/c1-9(12(13)6-14)15-7-10-4-3-5-11(17-10)8-16-2/h3-6,9-10,15H,7-8,14H2,1-2H3/b12-6-. The molecule has 1 aliphatic heterocycles. The molecule has 17 heavy (non-hydrogen) atoms. The second-order valence-corrected chi connectivity index (χ2v) is 4.70. The number of nitrogens with two attached hydrogens (primary N) is 1. The van der Waals surface area contributed by atoms with Gasteiger partial charge in [-0.15, -0.1) is 0 Å². The van der Waals surface area contributed by atoms with Crippen molar-refractivity contribution in [1.29, 1.82) is 0 Å². The van der Waals surface area contributed by atoms with E-state index >= 15 is 0 Å². The van der Waals surface area contributed by atoms with Gasteiger partial charge in [0.15, 0.2) is 0 Å². The molecule has 0 spiro atoms. The fourth-order valence-electron chi connectivity index (χ4n) is 1.43. The molecule has 1 heterocycles. The first kappa shape index (κ1) is 14.3. The Morgan fingerprint density at radius 3 is 3.18 bits per heavy atom. The first-order valence-corrected chi connectivity index (χ1v) is 6.30. The van der Waals surface area contributed by atoms with Crippen LogP contribution in [0.3, 0.4) is 0 Å². The van der Waals surface area contributed by atoms with Crippen LogP contribution in [-0.4, -0.2) is 32.4 Å². The summed E-state index contributed by atoms with van der Waals surface area (Å²) in [6.07, 6.45) is 7.50. The lowest BCUT2D eigenvalue weighted by molar-refractivity contribution is 0.0957. The van der Waals surface area contributed by atoms with E-state index in [4.69, 9.17) is 15.2 Å². The van der Waals surface area contributed by atoms with Gasteiger partial charge in [0.05, 0.1) is 0 Å². The normalized spacial score (nSPS) is 21.9. The number of allylic oxidation sites excluding steroid dienone is 2. The minimum atomic E-state index is 0.0330. The van der Waals surface area contributed by atoms with Gasteiger partial charge in [-0.1, -0.05) is 22.0 Å². The summed E-state index contributed by atoms with van der Waals surface area (Å²) < 4.78 is 11.7. The van der Waals surface area contributed by atoms with Gasteiger partial charge >= 0.3 is 0 Å². The predicted molar refractivity (Wildman–Crippen MR) is 72.6 cm³/mol. The quantitative estimate of drug-likeness (QED) is 0.783. The van der Waals surface area contributed by atoms with Crippen LogP contribution in [-0.2, 0) is 9.47 Å². The summed E-state index contributed by atoms with van der Waals surface area (Å²) in [6.45, 7) is 3.26. The molecule has 2 unspecified atom stereocenters. The highest BCUT2D eigenvalue weighted by Crippen LogP contribution is 2.12. The fourth-order valence-corrected chi connectivity index (χ4v) is 1.59. The summed E-state index contributed by atoms with van der Waals surface area (Å²) in [5.41, 5.74) is 5.42. The highest BCUT2D eigenvalue weighted by Gasteiger charge is 2.13. The minimum absolute atomic E-state index is 0.0330. The van der Waals surface area contributed by atoms with Crippen molar-refractivity contribution in [3.8, 4) is 0 Å². The number of rotatable bonds is 6. The van der Waals surface area contributed by atoms with Crippen molar-refractivity contribution >= 4 is 15.9 Å². The molecule has 4 nitrogen and oxygen atoms in total. The minimum Gasteiger partial charge on any atom is -0.487 e. The Hall–Kier alpha value is -0.780. The van der Waals surface area contributed by atoms with Crippen LogP contribution in [0.2, 0.25) is 0 Å². The average Bonchev–Trinajstić information content (AvgIpc) is 2.36. The van der Waals surface area contributed by atoms with Crippen LogP contribution in [0.4, 0.5) is 0 Å². The number of methoxy groups -OCH3 is 1. The summed E-state index contributed by atoms with van der Waals surface area (Å²) >= 11 is 3.39. The Balaban J connectivity index is 2.35. The highest BCUT2D eigenvalue weighted by molar-refractivity contribution is 9.11. The zero-order valence-corrected chi connectivity index (χ0v) is 11.7. The average molecular weight is 303 g/mol. The molecule has 0 saturated carbocycles. The van der Waals surface area contributed by atoms with E-state index in [-0.39, 0.29) is 12.1 Å². The van der Waals surface area contributed by atoms with Crippen LogP contribution in [0.5, 0.6) is 0 Å². The lowest BCUT2D eigenvalue weighted by Gasteiger charge is -2.22. The smallest absolute Gasteiger partial charge is 0.129 e. The molecule has 0 aromatic rings. The molecule has 0 saturated heterocycles. The first-order valence-electron chi connectivity index (χ1n) is 5.51. The molecule has 0 bridgehead atoms. The van der Waals surface area contributed by atoms with Gasteiger partial charge in [-0.2, -0.15) is 0 Å². The molecule has 1 rings (SSSR count). The summed E-state index contributed by atoms with van der Waals surface area (Å²) in [6, 6.07) is 0.175. The maximum atomic E-state index is 5.71. The molecule has 0 fully saturated rings. The van der Waals surface area contributed by atoms with Gasteiger partial charge in [0.2, 0.25) is 0 Å². The lowest BCUT2D eigenvalue weighted by Crippen LogP contribution is -2.35. The highest BCUT2D eigenvalue weighted by atomic mass is 79.9. The maximum Gasteiger partial charge on any atom is 0.129 e. The van der Waals surface area contributed by atoms with Crippen molar-refractivity contribution in [2.75, 3.05) is 20.3 Å². The van der Waals surface area contributed by atoms with Gasteiger partial charge < -0.3 is 20.5 Å². The second-order valence-electron chi connectivity index (χ2n) is 3.79. The zero-order chi connectivity index (χ0) is 12.7. The molecule has 1 aliphatic rings. The molecule has 3 N–H and O–H groups in total. The predicted octanol–water partition coefficient (Wildman–Crippen LogP) is 1.64. The van der Waals surface area contributed by atoms with Crippen molar-refractivity contribution in [2.45, 2.75) is 19.1 Å². The Morgan fingerprint density at radius 1 is 1.76 bits per heavy atom. The van der Waals surface area contributed by atoms with E-state index in [1.54, 1.807) is 13.3 Å². The summed E-state index contributed by atoms with van der Waals surface area (Å²) in [5, 5.41) is 3.33. The molecule has 0 amide bonds. The molecule has 2 atom stereocenters. The van der Waals surface area contributed by atoms with Crippen LogP contribution in [0.25, 0.3) is 0 Å². The van der Waals surface area contributed by atoms with E-state index in [1.807, 2.05) is 25.2 Å². The summed E-state index contributed by atoms with van der Waals surface area (Å²) in [4.78, 5) is 0. The number of halogens is 1. The maximum absolute atomic E-state index is 5.71. The van der Waals surface area contributed by atoms with E-state index in [1.165, 1.54) is 0 Å². The van der Waals surface area contributed by atoms with Gasteiger partial charge in [0.25, 0.3) is 0 Å². The molecule has 0 aromatic heterocycles. The van der Waals surface area contributed by atoms with Crippen molar-refractivity contribution in [1.82, 2.24) is 5.32 Å². The number of hydrogen-bond donors (Lipinski definition) is 2. The Morgan fingerprint density at radius 2 is 2.53 bits per heavy atom. The third-order valence-corrected chi connectivity index (χ3v) is 3.35. The summed E-state index contributed by atoms with van der Waals surface area (Å²) in [7, 11) is 1.65. The van der Waals surface area contributed by atoms with E-state index < -0.39 is 0 Å². The number of nitrogens with one attached hydrogen (secondary N) is 1. The summed E-state index contributed by atoms with van der Waals surface area (Å²) in [5.74, 6) is 0.850. The monoisotopic (exact) mass is 302 g/mol. The van der Waals surface area contributed by atoms with Gasteiger partial charge in [-0.25, -0.2) is 0 Å². The van der Waals surface area contributed by atoms with Crippen molar-refractivity contribution < 1.29 is 9.47 Å². The van der Waals surface area contributed by atoms with E-state index in [0.29, 0.717) is 6.61 Å². The molecular weight excluding hydrogens is 284 g/mol. The molecule has 0 aliphatic carbocycles. The molecular formula is C12H19BrN2O2. The Bertz CT molecular complexity index is 326. The van der Waals surface area contributed by atoms with Crippen LogP contribution in [0.1, 0.15) is 6.92 Å². The third kappa shape index (κ3) is 4.93. The molecule has 5 heteroatoms. The van der Waals surface area contributed by atoms with E-state index in [2.05, 4.69) is 21.2 Å². The topological polar surface area (TPSA) is 56.5 Å². The zero-order valence-electron chi connectivity index (χ0n) is 10.2.